The third-order valence-corrected chi connectivity index (χ3v) is 4.43. The molecule has 3 N–H and O–H groups in total. The third kappa shape index (κ3) is 4.77. The van der Waals surface area contributed by atoms with E-state index in [4.69, 9.17) is 0 Å². The van der Waals surface area contributed by atoms with Crippen molar-refractivity contribution in [1.29, 1.82) is 0 Å². The largest absolute Gasteiger partial charge is 0.388 e. The van der Waals surface area contributed by atoms with Gasteiger partial charge in [-0.15, -0.1) is 0 Å². The van der Waals surface area contributed by atoms with Crippen LogP contribution in [0.3, 0.4) is 0 Å². The molecule has 0 fully saturated rings. The summed E-state index contributed by atoms with van der Waals surface area (Å²) in [6, 6.07) is 6.65. The Morgan fingerprint density at radius 2 is 1.90 bits per heavy atom. The fourth-order valence-corrected chi connectivity index (χ4v) is 3.10. The van der Waals surface area contributed by atoms with Gasteiger partial charge in [0.1, 0.15) is 4.90 Å². The summed E-state index contributed by atoms with van der Waals surface area (Å²) in [7, 11) is -2.14. The van der Waals surface area contributed by atoms with Gasteiger partial charge in [0.2, 0.25) is 10.0 Å². The van der Waals surface area contributed by atoms with E-state index in [-0.39, 0.29) is 4.90 Å². The predicted molar refractivity (Wildman–Crippen MR) is 81.3 cm³/mol. The van der Waals surface area contributed by atoms with Crippen LogP contribution in [0.15, 0.2) is 29.2 Å². The first kappa shape index (κ1) is 16.9. The lowest BCUT2D eigenvalue weighted by Crippen LogP contribution is -2.35. The number of hydrogen-bond donors (Lipinski definition) is 3. The van der Waals surface area contributed by atoms with E-state index in [2.05, 4.69) is 10.0 Å². The fraction of sp³-hybridized carbons (Fsp3) is 0.571. The van der Waals surface area contributed by atoms with Crippen LogP contribution in [0.4, 0.5) is 5.69 Å². The summed E-state index contributed by atoms with van der Waals surface area (Å²) in [5, 5.41) is 13.3. The molecule has 0 bridgehead atoms. The van der Waals surface area contributed by atoms with Crippen molar-refractivity contribution in [3.63, 3.8) is 0 Å². The van der Waals surface area contributed by atoms with Gasteiger partial charge in [0.25, 0.3) is 0 Å². The van der Waals surface area contributed by atoms with Crippen LogP contribution in [0.1, 0.15) is 27.2 Å². The maximum Gasteiger partial charge on any atom is 0.242 e. The van der Waals surface area contributed by atoms with Crippen molar-refractivity contribution in [2.75, 3.05) is 18.9 Å². The molecule has 0 spiro atoms. The van der Waals surface area contributed by atoms with E-state index in [1.807, 2.05) is 13.8 Å². The second-order valence-electron chi connectivity index (χ2n) is 5.65. The minimum Gasteiger partial charge on any atom is -0.388 e. The first-order valence-corrected chi connectivity index (χ1v) is 8.15. The normalized spacial score (nSPS) is 15.1. The average molecular weight is 300 g/mol. The minimum atomic E-state index is -3.51. The highest BCUT2D eigenvalue weighted by Crippen LogP contribution is 2.23. The number of aliphatic hydroxyl groups is 1. The quantitative estimate of drug-likeness (QED) is 0.717. The number of benzene rings is 1. The Labute approximate surface area is 121 Å². The molecule has 0 aliphatic carbocycles. The van der Waals surface area contributed by atoms with Crippen LogP contribution in [0.5, 0.6) is 0 Å². The summed E-state index contributed by atoms with van der Waals surface area (Å²) in [6.45, 7) is 6.11. The molecule has 0 radical (unpaired) electrons. The zero-order chi connectivity index (χ0) is 15.4. The van der Waals surface area contributed by atoms with E-state index < -0.39 is 15.6 Å². The topological polar surface area (TPSA) is 78.4 Å². The second-order valence-corrected chi connectivity index (χ2v) is 7.51. The zero-order valence-corrected chi connectivity index (χ0v) is 13.3. The van der Waals surface area contributed by atoms with Crippen molar-refractivity contribution in [2.24, 2.45) is 5.92 Å². The Bertz CT molecular complexity index is 539. The van der Waals surface area contributed by atoms with Gasteiger partial charge in [-0.1, -0.05) is 26.0 Å². The smallest absolute Gasteiger partial charge is 0.242 e. The highest BCUT2D eigenvalue weighted by atomic mass is 32.2. The van der Waals surface area contributed by atoms with E-state index >= 15 is 0 Å². The second kappa shape index (κ2) is 6.56. The van der Waals surface area contributed by atoms with Crippen molar-refractivity contribution in [3.8, 4) is 0 Å². The predicted octanol–water partition coefficient (Wildman–Crippen LogP) is 1.80. The average Bonchev–Trinajstić information content (AvgIpc) is 2.35. The molecule has 114 valence electrons. The van der Waals surface area contributed by atoms with Gasteiger partial charge in [-0.25, -0.2) is 13.1 Å². The lowest BCUT2D eigenvalue weighted by molar-refractivity contribution is 0.0515. The first-order valence-electron chi connectivity index (χ1n) is 6.67. The molecule has 1 atom stereocenters. The van der Waals surface area contributed by atoms with Crippen molar-refractivity contribution in [2.45, 2.75) is 37.7 Å². The zero-order valence-electron chi connectivity index (χ0n) is 12.5. The summed E-state index contributed by atoms with van der Waals surface area (Å²) in [6.07, 6.45) is 0.640. The number of rotatable bonds is 7. The van der Waals surface area contributed by atoms with Crippen LogP contribution >= 0.6 is 0 Å². The molecule has 1 unspecified atom stereocenters. The van der Waals surface area contributed by atoms with Crippen LogP contribution in [0, 0.1) is 5.92 Å². The molecule has 5 nitrogen and oxygen atoms in total. The van der Waals surface area contributed by atoms with E-state index in [9.17, 15) is 13.5 Å². The van der Waals surface area contributed by atoms with Crippen LogP contribution in [0.2, 0.25) is 0 Å². The van der Waals surface area contributed by atoms with Gasteiger partial charge in [0.05, 0.1) is 11.3 Å². The molecule has 20 heavy (non-hydrogen) atoms. The molecule has 1 rings (SSSR count). The number of para-hydroxylation sites is 1. The molecule has 0 aliphatic heterocycles. The monoisotopic (exact) mass is 300 g/mol. The van der Waals surface area contributed by atoms with E-state index in [0.717, 1.165) is 0 Å². The summed E-state index contributed by atoms with van der Waals surface area (Å²) in [5.41, 5.74) is -0.393. The van der Waals surface area contributed by atoms with Crippen LogP contribution < -0.4 is 10.0 Å². The molecule has 6 heteroatoms. The highest BCUT2D eigenvalue weighted by Gasteiger charge is 2.23. The van der Waals surface area contributed by atoms with Gasteiger partial charge in [-0.05, 0) is 38.4 Å². The summed E-state index contributed by atoms with van der Waals surface area (Å²) < 4.78 is 26.1. The van der Waals surface area contributed by atoms with Gasteiger partial charge in [0, 0.05) is 6.54 Å². The highest BCUT2D eigenvalue weighted by molar-refractivity contribution is 7.89. The SMILES string of the molecule is CNS(=O)(=O)c1ccccc1NCC(C)(O)CC(C)C. The van der Waals surface area contributed by atoms with Gasteiger partial charge < -0.3 is 10.4 Å². The Kier molecular flexibility index (Phi) is 5.56. The molecular formula is C14H24N2O3S. The van der Waals surface area contributed by atoms with Crippen LogP contribution in [-0.2, 0) is 10.0 Å². The Morgan fingerprint density at radius 1 is 1.30 bits per heavy atom. The van der Waals surface area contributed by atoms with Gasteiger partial charge in [-0.3, -0.25) is 0 Å². The Balaban J connectivity index is 2.89. The minimum absolute atomic E-state index is 0.183. The summed E-state index contributed by atoms with van der Waals surface area (Å²) in [5.74, 6) is 0.364. The molecule has 1 aromatic carbocycles. The molecule has 0 aliphatic rings. The lowest BCUT2D eigenvalue weighted by atomic mass is 9.94. The Hall–Kier alpha value is -1.11. The van der Waals surface area contributed by atoms with Gasteiger partial charge in [0.15, 0.2) is 0 Å². The number of hydrogen-bond acceptors (Lipinski definition) is 4. The molecule has 0 amide bonds. The molecule has 0 saturated carbocycles. The summed E-state index contributed by atoms with van der Waals surface area (Å²) in [4.78, 5) is 0.183. The van der Waals surface area contributed by atoms with Crippen molar-refractivity contribution < 1.29 is 13.5 Å². The van der Waals surface area contributed by atoms with Crippen molar-refractivity contribution in [1.82, 2.24) is 4.72 Å². The van der Waals surface area contributed by atoms with E-state index in [1.54, 1.807) is 25.1 Å². The Morgan fingerprint density at radius 3 is 2.45 bits per heavy atom. The molecular weight excluding hydrogens is 276 g/mol. The van der Waals surface area contributed by atoms with Crippen molar-refractivity contribution >= 4 is 15.7 Å². The van der Waals surface area contributed by atoms with Crippen LogP contribution in [0.25, 0.3) is 0 Å². The number of anilines is 1. The number of sulfonamides is 1. The molecule has 0 saturated heterocycles. The maximum absolute atomic E-state index is 11.9. The fourth-order valence-electron chi connectivity index (χ4n) is 2.19. The standard InChI is InChI=1S/C14H24N2O3S/c1-11(2)9-14(3,17)10-16-12-7-5-6-8-13(12)20(18,19)15-4/h5-8,11,15-17H,9-10H2,1-4H3. The summed E-state index contributed by atoms with van der Waals surface area (Å²) >= 11 is 0. The van der Waals surface area contributed by atoms with Gasteiger partial charge >= 0.3 is 0 Å². The van der Waals surface area contributed by atoms with Crippen molar-refractivity contribution in [3.05, 3.63) is 24.3 Å². The third-order valence-electron chi connectivity index (χ3n) is 2.95. The maximum atomic E-state index is 11.9. The van der Waals surface area contributed by atoms with Crippen LogP contribution in [-0.4, -0.2) is 32.7 Å². The lowest BCUT2D eigenvalue weighted by Gasteiger charge is -2.26. The van der Waals surface area contributed by atoms with E-state index in [1.165, 1.54) is 13.1 Å². The molecule has 1 aromatic rings. The number of nitrogens with one attached hydrogen (secondary N) is 2. The van der Waals surface area contributed by atoms with E-state index in [0.29, 0.717) is 24.6 Å². The molecule has 0 aromatic heterocycles. The van der Waals surface area contributed by atoms with Gasteiger partial charge in [-0.2, -0.15) is 0 Å². The first-order chi connectivity index (χ1) is 9.18. The molecule has 0 heterocycles.